The highest BCUT2D eigenvalue weighted by Crippen LogP contribution is 2.26. The fraction of sp³-hybridized carbons (Fsp3) is 0.214. The zero-order valence-corrected chi connectivity index (χ0v) is 21.1. The lowest BCUT2D eigenvalue weighted by molar-refractivity contribution is 0.0734. The summed E-state index contributed by atoms with van der Waals surface area (Å²) in [6.45, 7) is 3.49. The van der Waals surface area contributed by atoms with Gasteiger partial charge in [0.25, 0.3) is 11.8 Å². The van der Waals surface area contributed by atoms with Crippen molar-refractivity contribution >= 4 is 23.6 Å². The zero-order chi connectivity index (χ0) is 25.1. The quantitative estimate of drug-likeness (QED) is 0.399. The van der Waals surface area contributed by atoms with E-state index < -0.39 is 0 Å². The van der Waals surface area contributed by atoms with Crippen LogP contribution in [0.5, 0.6) is 0 Å². The van der Waals surface area contributed by atoms with Crippen molar-refractivity contribution in [1.29, 1.82) is 0 Å². The maximum Gasteiger partial charge on any atom is 0.254 e. The molecule has 5 rings (SSSR count). The molecule has 36 heavy (non-hydrogen) atoms. The molecule has 2 amide bonds. The lowest BCUT2D eigenvalue weighted by Crippen LogP contribution is -2.37. The molecule has 3 heterocycles. The van der Waals surface area contributed by atoms with Crippen molar-refractivity contribution in [2.75, 3.05) is 12.8 Å². The van der Waals surface area contributed by atoms with Crippen LogP contribution in [0.4, 0.5) is 0 Å². The minimum absolute atomic E-state index is 0.00299. The first-order chi connectivity index (χ1) is 17.5. The Morgan fingerprint density at radius 1 is 1.08 bits per heavy atom. The van der Waals surface area contributed by atoms with E-state index in [-0.39, 0.29) is 11.8 Å². The first-order valence-electron chi connectivity index (χ1n) is 11.8. The Morgan fingerprint density at radius 2 is 1.89 bits per heavy atom. The van der Waals surface area contributed by atoms with Gasteiger partial charge in [-0.2, -0.15) is 5.10 Å². The molecule has 182 valence electrons. The lowest BCUT2D eigenvalue weighted by atomic mass is 9.94. The van der Waals surface area contributed by atoms with Crippen LogP contribution in [0, 0.1) is 6.92 Å². The Balaban J connectivity index is 1.29. The fourth-order valence-corrected chi connectivity index (χ4v) is 5.18. The number of rotatable bonds is 6. The van der Waals surface area contributed by atoms with Gasteiger partial charge in [-0.3, -0.25) is 14.6 Å². The number of carbonyl (C=O) groups excluding carboxylic acids is 2. The van der Waals surface area contributed by atoms with Crippen LogP contribution in [0.3, 0.4) is 0 Å². The van der Waals surface area contributed by atoms with E-state index in [1.165, 1.54) is 5.56 Å². The summed E-state index contributed by atoms with van der Waals surface area (Å²) in [6.07, 6.45) is 8.15. The second-order valence-corrected chi connectivity index (χ2v) is 9.53. The van der Waals surface area contributed by atoms with Crippen molar-refractivity contribution < 1.29 is 9.59 Å². The summed E-state index contributed by atoms with van der Waals surface area (Å²) in [5.41, 5.74) is 6.39. The average Bonchev–Trinajstić information content (AvgIpc) is 3.47. The number of aryl methyl sites for hydroxylation is 1. The van der Waals surface area contributed by atoms with E-state index in [0.717, 1.165) is 33.8 Å². The van der Waals surface area contributed by atoms with E-state index >= 15 is 0 Å². The molecule has 0 atom stereocenters. The number of pyridine rings is 1. The molecular formula is C28H27N5O2S. The number of fused-ring (bicyclic) bond motifs is 1. The molecule has 0 radical (unpaired) electrons. The third-order valence-electron chi connectivity index (χ3n) is 6.54. The summed E-state index contributed by atoms with van der Waals surface area (Å²) >= 11 is 1.56. The van der Waals surface area contributed by atoms with Crippen molar-refractivity contribution in [3.05, 3.63) is 107 Å². The van der Waals surface area contributed by atoms with Gasteiger partial charge in [-0.15, -0.1) is 11.8 Å². The van der Waals surface area contributed by atoms with Crippen LogP contribution in [0.2, 0.25) is 0 Å². The van der Waals surface area contributed by atoms with Gasteiger partial charge in [0.05, 0.1) is 11.3 Å². The average molecular weight is 498 g/mol. The molecule has 7 nitrogen and oxygen atoms in total. The summed E-state index contributed by atoms with van der Waals surface area (Å²) in [5.74, 6) is -0.0973. The van der Waals surface area contributed by atoms with Crippen molar-refractivity contribution in [2.24, 2.45) is 0 Å². The van der Waals surface area contributed by atoms with Gasteiger partial charge in [0, 0.05) is 54.4 Å². The highest BCUT2D eigenvalue weighted by molar-refractivity contribution is 7.98. The van der Waals surface area contributed by atoms with E-state index in [0.29, 0.717) is 30.8 Å². The smallest absolute Gasteiger partial charge is 0.254 e. The maximum atomic E-state index is 13.2. The van der Waals surface area contributed by atoms with Crippen LogP contribution in [-0.2, 0) is 19.5 Å². The van der Waals surface area contributed by atoms with Crippen LogP contribution >= 0.6 is 11.8 Å². The molecule has 4 aromatic rings. The van der Waals surface area contributed by atoms with Crippen molar-refractivity contribution in [3.63, 3.8) is 0 Å². The fourth-order valence-electron chi connectivity index (χ4n) is 4.59. The van der Waals surface area contributed by atoms with Crippen molar-refractivity contribution in [1.82, 2.24) is 25.0 Å². The normalized spacial score (nSPS) is 12.8. The molecule has 0 spiro atoms. The molecular weight excluding hydrogens is 470 g/mol. The van der Waals surface area contributed by atoms with Gasteiger partial charge in [0.1, 0.15) is 0 Å². The Bertz CT molecular complexity index is 1400. The van der Waals surface area contributed by atoms with Gasteiger partial charge < -0.3 is 10.2 Å². The van der Waals surface area contributed by atoms with E-state index in [1.54, 1.807) is 22.6 Å². The molecule has 1 N–H and O–H groups in total. The Kier molecular flexibility index (Phi) is 6.86. The van der Waals surface area contributed by atoms with Gasteiger partial charge in [0.15, 0.2) is 0 Å². The van der Waals surface area contributed by atoms with Crippen LogP contribution < -0.4 is 5.32 Å². The van der Waals surface area contributed by atoms with Crippen molar-refractivity contribution in [3.8, 4) is 5.69 Å². The van der Waals surface area contributed by atoms with Gasteiger partial charge in [-0.25, -0.2) is 4.68 Å². The number of carbonyl (C=O) groups is 2. The summed E-state index contributed by atoms with van der Waals surface area (Å²) < 4.78 is 1.76. The molecule has 2 aromatic heterocycles. The van der Waals surface area contributed by atoms with Gasteiger partial charge in [0.2, 0.25) is 0 Å². The number of thioether (sulfide) groups is 1. The first-order valence-corrected chi connectivity index (χ1v) is 13.0. The number of hydrogen-bond donors (Lipinski definition) is 1. The number of nitrogens with one attached hydrogen (secondary N) is 1. The third-order valence-corrected chi connectivity index (χ3v) is 7.34. The molecule has 0 unspecified atom stereocenters. The number of benzene rings is 2. The van der Waals surface area contributed by atoms with Crippen LogP contribution in [-0.4, -0.2) is 44.3 Å². The highest BCUT2D eigenvalue weighted by Gasteiger charge is 2.25. The van der Waals surface area contributed by atoms with E-state index in [1.807, 2.05) is 85.1 Å². The maximum absolute atomic E-state index is 13.2. The number of amides is 2. The molecule has 0 fully saturated rings. The van der Waals surface area contributed by atoms with Gasteiger partial charge in [-0.1, -0.05) is 12.1 Å². The molecule has 8 heteroatoms. The highest BCUT2D eigenvalue weighted by atomic mass is 32.2. The largest absolute Gasteiger partial charge is 0.348 e. The van der Waals surface area contributed by atoms with Crippen LogP contribution in [0.25, 0.3) is 5.69 Å². The predicted octanol–water partition coefficient (Wildman–Crippen LogP) is 4.43. The molecule has 0 bridgehead atoms. The van der Waals surface area contributed by atoms with Crippen LogP contribution in [0.1, 0.15) is 43.1 Å². The second-order valence-electron chi connectivity index (χ2n) is 8.68. The summed E-state index contributed by atoms with van der Waals surface area (Å²) in [4.78, 5) is 33.5. The Hall–Kier alpha value is -3.91. The topological polar surface area (TPSA) is 80.1 Å². The SMILES string of the molecule is CSc1ccccc1C(=O)NCc1c(C)ncc2c1CCN(C(=O)c1ccc(-n3cccn3)cc1)C2. The number of hydrogen-bond acceptors (Lipinski definition) is 5. The predicted molar refractivity (Wildman–Crippen MR) is 140 cm³/mol. The minimum Gasteiger partial charge on any atom is -0.348 e. The molecule has 2 aromatic carbocycles. The van der Waals surface area contributed by atoms with E-state index in [2.05, 4.69) is 15.4 Å². The van der Waals surface area contributed by atoms with E-state index in [9.17, 15) is 9.59 Å². The second kappa shape index (κ2) is 10.4. The molecule has 0 saturated heterocycles. The van der Waals surface area contributed by atoms with Crippen molar-refractivity contribution in [2.45, 2.75) is 31.3 Å². The molecule has 1 aliphatic heterocycles. The summed E-state index contributed by atoms with van der Waals surface area (Å²) in [5, 5.41) is 7.31. The van der Waals surface area contributed by atoms with Gasteiger partial charge >= 0.3 is 0 Å². The Morgan fingerprint density at radius 3 is 2.64 bits per heavy atom. The van der Waals surface area contributed by atoms with Gasteiger partial charge in [-0.05, 0) is 78.8 Å². The monoisotopic (exact) mass is 497 g/mol. The molecule has 0 saturated carbocycles. The zero-order valence-electron chi connectivity index (χ0n) is 20.3. The Labute approximate surface area is 214 Å². The lowest BCUT2D eigenvalue weighted by Gasteiger charge is -2.30. The standard InChI is InChI=1S/C28H27N5O2S/c1-19-25(17-30-27(34)24-6-3-4-7-26(24)36-2)23-12-15-32(18-21(23)16-29-19)28(35)20-8-10-22(11-9-20)33-14-5-13-31-33/h3-11,13-14,16H,12,15,17-18H2,1-2H3,(H,30,34). The summed E-state index contributed by atoms with van der Waals surface area (Å²) in [7, 11) is 0. The first kappa shape index (κ1) is 23.8. The molecule has 0 aliphatic carbocycles. The molecule has 1 aliphatic rings. The number of nitrogens with zero attached hydrogens (tertiary/aromatic N) is 4. The van der Waals surface area contributed by atoms with E-state index in [4.69, 9.17) is 0 Å². The minimum atomic E-state index is -0.0943. The number of aromatic nitrogens is 3. The van der Waals surface area contributed by atoms with Crippen LogP contribution in [0.15, 0.2) is 78.1 Å². The third kappa shape index (κ3) is 4.77. The summed E-state index contributed by atoms with van der Waals surface area (Å²) in [6, 6.07) is 17.0.